The Kier molecular flexibility index (Phi) is 4.09. The maximum atomic E-state index is 13.1. The Morgan fingerprint density at radius 1 is 1.50 bits per heavy atom. The molecule has 1 aromatic rings. The molecule has 0 radical (unpaired) electrons. The molecule has 0 aliphatic carbocycles. The van der Waals surface area contributed by atoms with E-state index in [1.54, 1.807) is 12.1 Å². The second kappa shape index (κ2) is 5.14. The molecule has 1 nitrogen and oxygen atoms in total. The van der Waals surface area contributed by atoms with Crippen molar-refractivity contribution in [3.8, 4) is 12.3 Å². The van der Waals surface area contributed by atoms with E-state index in [2.05, 4.69) is 18.2 Å². The van der Waals surface area contributed by atoms with Crippen molar-refractivity contribution in [2.75, 3.05) is 0 Å². The lowest BCUT2D eigenvalue weighted by atomic mass is 9.99. The van der Waals surface area contributed by atoms with Gasteiger partial charge in [0.1, 0.15) is 5.82 Å². The lowest BCUT2D eigenvalue weighted by Crippen LogP contribution is -2.40. The molecule has 2 heteroatoms. The molecule has 0 spiro atoms. The smallest absolute Gasteiger partial charge is 0.123 e. The molecule has 0 saturated carbocycles. The van der Waals surface area contributed by atoms with E-state index in [4.69, 9.17) is 6.42 Å². The van der Waals surface area contributed by atoms with Crippen LogP contribution in [0.25, 0.3) is 0 Å². The Morgan fingerprint density at radius 2 is 2.19 bits per heavy atom. The van der Waals surface area contributed by atoms with Gasteiger partial charge in [-0.05, 0) is 38.0 Å². The van der Waals surface area contributed by atoms with Crippen LogP contribution < -0.4 is 5.32 Å². The van der Waals surface area contributed by atoms with Crippen molar-refractivity contribution in [1.29, 1.82) is 0 Å². The summed E-state index contributed by atoms with van der Waals surface area (Å²) in [5, 5.41) is 3.33. The normalized spacial score (nSPS) is 13.2. The lowest BCUT2D eigenvalue weighted by molar-refractivity contribution is 0.402. The summed E-state index contributed by atoms with van der Waals surface area (Å²) >= 11 is 0. The topological polar surface area (TPSA) is 12.0 Å². The minimum atomic E-state index is -0.382. The van der Waals surface area contributed by atoms with Gasteiger partial charge in [-0.15, -0.1) is 6.42 Å². The van der Waals surface area contributed by atoms with E-state index in [9.17, 15) is 4.39 Å². The third-order valence-corrected chi connectivity index (χ3v) is 2.56. The highest BCUT2D eigenvalue weighted by atomic mass is 19.1. The van der Waals surface area contributed by atoms with Crippen molar-refractivity contribution in [3.05, 3.63) is 35.6 Å². The molecule has 16 heavy (non-hydrogen) atoms. The fourth-order valence-electron chi connectivity index (χ4n) is 1.62. The SMILES string of the molecule is C#CC(C)(C)NC(CC)c1cccc(F)c1. The first kappa shape index (κ1) is 12.7. The molecule has 0 saturated heterocycles. The standard InChI is InChI=1S/C14H18FN/c1-5-13(16-14(3,4)6-2)11-8-7-9-12(15)10-11/h2,7-10,13,16H,5H2,1,3-4H3. The molecule has 0 heterocycles. The van der Waals surface area contributed by atoms with Crippen LogP contribution in [0.1, 0.15) is 38.8 Å². The van der Waals surface area contributed by atoms with E-state index in [1.807, 2.05) is 19.9 Å². The largest absolute Gasteiger partial charge is 0.295 e. The van der Waals surface area contributed by atoms with Gasteiger partial charge in [0, 0.05) is 6.04 Å². The lowest BCUT2D eigenvalue weighted by Gasteiger charge is -2.27. The average molecular weight is 219 g/mol. The molecule has 86 valence electrons. The molecular weight excluding hydrogens is 201 g/mol. The third-order valence-electron chi connectivity index (χ3n) is 2.56. The van der Waals surface area contributed by atoms with Gasteiger partial charge >= 0.3 is 0 Å². The van der Waals surface area contributed by atoms with Crippen molar-refractivity contribution in [2.45, 2.75) is 38.8 Å². The van der Waals surface area contributed by atoms with E-state index in [0.29, 0.717) is 0 Å². The summed E-state index contributed by atoms with van der Waals surface area (Å²) < 4.78 is 13.1. The van der Waals surface area contributed by atoms with E-state index in [-0.39, 0.29) is 17.4 Å². The number of terminal acetylenes is 1. The fourth-order valence-corrected chi connectivity index (χ4v) is 1.62. The van der Waals surface area contributed by atoms with Crippen LogP contribution in [-0.2, 0) is 0 Å². The highest BCUT2D eigenvalue weighted by Crippen LogP contribution is 2.20. The van der Waals surface area contributed by atoms with Crippen molar-refractivity contribution in [3.63, 3.8) is 0 Å². The number of hydrogen-bond acceptors (Lipinski definition) is 1. The first-order chi connectivity index (χ1) is 7.48. The molecular formula is C14H18FN. The van der Waals surface area contributed by atoms with Gasteiger partial charge in [0.05, 0.1) is 5.54 Å². The quantitative estimate of drug-likeness (QED) is 0.766. The van der Waals surface area contributed by atoms with Gasteiger partial charge in [0.25, 0.3) is 0 Å². The number of nitrogens with one attached hydrogen (secondary N) is 1. The molecule has 1 aromatic carbocycles. The van der Waals surface area contributed by atoms with E-state index < -0.39 is 0 Å². The van der Waals surface area contributed by atoms with Gasteiger partial charge in [-0.2, -0.15) is 0 Å². The number of rotatable bonds is 4. The molecule has 0 amide bonds. The summed E-state index contributed by atoms with van der Waals surface area (Å²) in [6, 6.07) is 6.71. The zero-order chi connectivity index (χ0) is 12.2. The van der Waals surface area contributed by atoms with Crippen LogP contribution in [0.2, 0.25) is 0 Å². The van der Waals surface area contributed by atoms with Crippen LogP contribution in [0, 0.1) is 18.2 Å². The number of hydrogen-bond donors (Lipinski definition) is 1. The van der Waals surface area contributed by atoms with Crippen LogP contribution in [0.5, 0.6) is 0 Å². The van der Waals surface area contributed by atoms with Gasteiger partial charge in [0.2, 0.25) is 0 Å². The molecule has 1 unspecified atom stereocenters. The Balaban J connectivity index is 2.88. The van der Waals surface area contributed by atoms with E-state index >= 15 is 0 Å². The van der Waals surface area contributed by atoms with E-state index in [0.717, 1.165) is 12.0 Å². The zero-order valence-electron chi connectivity index (χ0n) is 10.0. The van der Waals surface area contributed by atoms with Gasteiger partial charge in [0.15, 0.2) is 0 Å². The molecule has 0 fully saturated rings. The van der Waals surface area contributed by atoms with Crippen LogP contribution >= 0.6 is 0 Å². The van der Waals surface area contributed by atoms with Crippen LogP contribution in [0.4, 0.5) is 4.39 Å². The maximum Gasteiger partial charge on any atom is 0.123 e. The van der Waals surface area contributed by atoms with Gasteiger partial charge < -0.3 is 0 Å². The molecule has 1 atom stereocenters. The molecule has 1 N–H and O–H groups in total. The van der Waals surface area contributed by atoms with Crippen molar-refractivity contribution >= 4 is 0 Å². The van der Waals surface area contributed by atoms with Crippen molar-refractivity contribution < 1.29 is 4.39 Å². The van der Waals surface area contributed by atoms with Crippen LogP contribution in [0.3, 0.4) is 0 Å². The predicted octanol–water partition coefficient (Wildman–Crippen LogP) is 3.28. The summed E-state index contributed by atoms with van der Waals surface area (Å²) in [7, 11) is 0. The fraction of sp³-hybridized carbons (Fsp3) is 0.429. The van der Waals surface area contributed by atoms with Gasteiger partial charge in [-0.3, -0.25) is 5.32 Å². The Hall–Kier alpha value is -1.33. The van der Waals surface area contributed by atoms with Crippen molar-refractivity contribution in [2.24, 2.45) is 0 Å². The first-order valence-corrected chi connectivity index (χ1v) is 5.49. The summed E-state index contributed by atoms with van der Waals surface area (Å²) in [5.74, 6) is 2.47. The van der Waals surface area contributed by atoms with Gasteiger partial charge in [-0.25, -0.2) is 4.39 Å². The minimum absolute atomic E-state index is 0.0850. The number of benzene rings is 1. The second-order valence-corrected chi connectivity index (χ2v) is 4.43. The predicted molar refractivity (Wildman–Crippen MR) is 65.5 cm³/mol. The molecule has 0 aliphatic rings. The summed E-state index contributed by atoms with van der Waals surface area (Å²) in [5.41, 5.74) is 0.554. The third kappa shape index (κ3) is 3.36. The summed E-state index contributed by atoms with van der Waals surface area (Å²) in [6.07, 6.45) is 6.30. The maximum absolute atomic E-state index is 13.1. The minimum Gasteiger partial charge on any atom is -0.295 e. The molecule has 0 aliphatic heterocycles. The summed E-state index contributed by atoms with van der Waals surface area (Å²) in [6.45, 7) is 5.93. The molecule has 0 aromatic heterocycles. The Morgan fingerprint density at radius 3 is 2.69 bits per heavy atom. The Labute approximate surface area is 97.1 Å². The van der Waals surface area contributed by atoms with E-state index in [1.165, 1.54) is 6.07 Å². The molecule has 1 rings (SSSR count). The van der Waals surface area contributed by atoms with Gasteiger partial charge in [-0.1, -0.05) is 25.0 Å². The van der Waals surface area contributed by atoms with Crippen molar-refractivity contribution in [1.82, 2.24) is 5.32 Å². The monoisotopic (exact) mass is 219 g/mol. The average Bonchev–Trinajstić information content (AvgIpc) is 2.26. The zero-order valence-corrected chi connectivity index (χ0v) is 10.0. The highest BCUT2D eigenvalue weighted by Gasteiger charge is 2.19. The number of halogens is 1. The first-order valence-electron chi connectivity index (χ1n) is 5.49. The summed E-state index contributed by atoms with van der Waals surface area (Å²) in [4.78, 5) is 0. The molecule has 0 bridgehead atoms. The Bertz CT molecular complexity index is 390. The van der Waals surface area contributed by atoms with Crippen LogP contribution in [0.15, 0.2) is 24.3 Å². The van der Waals surface area contributed by atoms with Crippen LogP contribution in [-0.4, -0.2) is 5.54 Å². The highest BCUT2D eigenvalue weighted by molar-refractivity contribution is 5.22. The second-order valence-electron chi connectivity index (χ2n) is 4.43.